The third kappa shape index (κ3) is 4.43. The summed E-state index contributed by atoms with van der Waals surface area (Å²) in [5.41, 5.74) is 6.00. The summed E-state index contributed by atoms with van der Waals surface area (Å²) in [6.07, 6.45) is -0.489. The average Bonchev–Trinajstić information content (AvgIpc) is 2.33. The molecule has 5 N–H and O–H groups in total. The molecule has 1 aromatic carbocycles. The number of urea groups is 1. The number of hydrogen-bond acceptors (Lipinski definition) is 3. The quantitative estimate of drug-likeness (QED) is 0.650. The summed E-state index contributed by atoms with van der Waals surface area (Å²) < 4.78 is 0. The van der Waals surface area contributed by atoms with Crippen molar-refractivity contribution in [3.63, 3.8) is 0 Å². The fourth-order valence-corrected chi connectivity index (χ4v) is 1.64. The van der Waals surface area contributed by atoms with Gasteiger partial charge in [0.25, 0.3) is 0 Å². The highest BCUT2D eigenvalue weighted by Crippen LogP contribution is 2.22. The first-order valence-corrected chi connectivity index (χ1v) is 6.02. The Morgan fingerprint density at radius 2 is 2.05 bits per heavy atom. The van der Waals surface area contributed by atoms with Gasteiger partial charge in [0.2, 0.25) is 5.91 Å². The van der Waals surface area contributed by atoms with Gasteiger partial charge in [-0.25, -0.2) is 9.59 Å². The molecule has 0 fully saturated rings. The van der Waals surface area contributed by atoms with E-state index in [1.54, 1.807) is 25.1 Å². The van der Waals surface area contributed by atoms with Gasteiger partial charge in [-0.05, 0) is 24.6 Å². The Bertz CT molecular complexity index is 548. The molecule has 0 radical (unpaired) electrons. The van der Waals surface area contributed by atoms with Crippen molar-refractivity contribution in [1.29, 1.82) is 0 Å². The molecule has 0 aliphatic heterocycles. The van der Waals surface area contributed by atoms with Crippen molar-refractivity contribution in [2.24, 2.45) is 5.73 Å². The van der Waals surface area contributed by atoms with Gasteiger partial charge in [0.05, 0.1) is 6.42 Å². The van der Waals surface area contributed by atoms with Crippen LogP contribution in [0.3, 0.4) is 0 Å². The molecule has 3 amide bonds. The lowest BCUT2D eigenvalue weighted by molar-refractivity contribution is -0.140. The number of nitrogens with two attached hydrogens (primary N) is 1. The van der Waals surface area contributed by atoms with E-state index in [9.17, 15) is 14.4 Å². The summed E-state index contributed by atoms with van der Waals surface area (Å²) in [5.74, 6) is -2.17. The minimum Gasteiger partial charge on any atom is -0.480 e. The zero-order valence-electron chi connectivity index (χ0n) is 10.6. The summed E-state index contributed by atoms with van der Waals surface area (Å²) in [4.78, 5) is 33.3. The molecule has 0 heterocycles. The van der Waals surface area contributed by atoms with Crippen molar-refractivity contribution < 1.29 is 19.5 Å². The molecule has 1 rings (SSSR count). The van der Waals surface area contributed by atoms with Crippen LogP contribution in [0.1, 0.15) is 12.0 Å². The number of nitrogens with one attached hydrogen (secondary N) is 2. The molecule has 0 aromatic heterocycles. The highest BCUT2D eigenvalue weighted by Gasteiger charge is 2.22. The molecule has 8 heteroatoms. The minimum atomic E-state index is -1.38. The lowest BCUT2D eigenvalue weighted by atomic mass is 10.2. The number of anilines is 1. The second kappa shape index (κ2) is 6.76. The zero-order chi connectivity index (χ0) is 15.3. The van der Waals surface area contributed by atoms with Crippen molar-refractivity contribution in [2.75, 3.05) is 5.32 Å². The third-order valence-electron chi connectivity index (χ3n) is 2.52. The van der Waals surface area contributed by atoms with Crippen LogP contribution in [0, 0.1) is 6.92 Å². The molecule has 0 aliphatic carbocycles. The molecule has 7 nitrogen and oxygen atoms in total. The van der Waals surface area contributed by atoms with Crippen molar-refractivity contribution in [2.45, 2.75) is 19.4 Å². The predicted octanol–water partition coefficient (Wildman–Crippen LogP) is 1.10. The van der Waals surface area contributed by atoms with E-state index in [0.717, 1.165) is 0 Å². The van der Waals surface area contributed by atoms with E-state index in [1.807, 2.05) is 0 Å². The molecule has 1 aromatic rings. The molecule has 20 heavy (non-hydrogen) atoms. The van der Waals surface area contributed by atoms with Gasteiger partial charge in [0, 0.05) is 10.7 Å². The second-order valence-electron chi connectivity index (χ2n) is 4.07. The summed E-state index contributed by atoms with van der Waals surface area (Å²) in [7, 11) is 0. The molecule has 0 saturated heterocycles. The standard InChI is InChI=1S/C12H14ClN3O4/c1-6-7(13)3-2-4-8(6)15-12(20)16-9(11(18)19)5-10(14)17/h2-4,9H,5H2,1H3,(H2,14,17)(H,18,19)(H2,15,16,20)/t9-/m1/s1. The maximum Gasteiger partial charge on any atom is 0.326 e. The van der Waals surface area contributed by atoms with E-state index in [1.165, 1.54) is 0 Å². The summed E-state index contributed by atoms with van der Waals surface area (Å²) >= 11 is 5.90. The number of carbonyl (C=O) groups excluding carboxylic acids is 2. The Hall–Kier alpha value is -2.28. The highest BCUT2D eigenvalue weighted by molar-refractivity contribution is 6.31. The van der Waals surface area contributed by atoms with E-state index in [-0.39, 0.29) is 0 Å². The van der Waals surface area contributed by atoms with Gasteiger partial charge in [-0.1, -0.05) is 17.7 Å². The van der Waals surface area contributed by atoms with E-state index in [0.29, 0.717) is 16.3 Å². The van der Waals surface area contributed by atoms with Crippen molar-refractivity contribution >= 4 is 35.2 Å². The number of benzene rings is 1. The molecule has 108 valence electrons. The van der Waals surface area contributed by atoms with Crippen LogP contribution in [0.2, 0.25) is 5.02 Å². The van der Waals surface area contributed by atoms with E-state index in [2.05, 4.69) is 10.6 Å². The van der Waals surface area contributed by atoms with Crippen LogP contribution in [-0.4, -0.2) is 29.1 Å². The smallest absolute Gasteiger partial charge is 0.326 e. The Kier molecular flexibility index (Phi) is 5.33. The number of hydrogen-bond donors (Lipinski definition) is 4. The molecule has 0 unspecified atom stereocenters. The molecule has 0 aliphatic rings. The monoisotopic (exact) mass is 299 g/mol. The van der Waals surface area contributed by atoms with E-state index >= 15 is 0 Å². The molecule has 0 bridgehead atoms. The summed E-state index contributed by atoms with van der Waals surface area (Å²) in [5, 5.41) is 13.9. The zero-order valence-corrected chi connectivity index (χ0v) is 11.4. The van der Waals surface area contributed by atoms with E-state index < -0.39 is 30.4 Å². The molecular weight excluding hydrogens is 286 g/mol. The first-order chi connectivity index (χ1) is 9.31. The summed E-state index contributed by atoms with van der Waals surface area (Å²) in [6, 6.07) is 2.77. The van der Waals surface area contributed by atoms with Crippen LogP contribution < -0.4 is 16.4 Å². The van der Waals surface area contributed by atoms with Crippen LogP contribution >= 0.6 is 11.6 Å². The highest BCUT2D eigenvalue weighted by atomic mass is 35.5. The van der Waals surface area contributed by atoms with Gasteiger partial charge >= 0.3 is 12.0 Å². The molecular formula is C12H14ClN3O4. The lowest BCUT2D eigenvalue weighted by Crippen LogP contribution is -2.45. The fraction of sp³-hybridized carbons (Fsp3) is 0.250. The Labute approximate surface area is 120 Å². The van der Waals surface area contributed by atoms with Gasteiger partial charge in [0.15, 0.2) is 0 Å². The van der Waals surface area contributed by atoms with Crippen LogP contribution in [0.4, 0.5) is 10.5 Å². The normalized spacial score (nSPS) is 11.5. The number of rotatable bonds is 5. The van der Waals surface area contributed by atoms with Gasteiger partial charge in [-0.2, -0.15) is 0 Å². The predicted molar refractivity (Wildman–Crippen MR) is 73.6 cm³/mol. The first kappa shape index (κ1) is 15.8. The number of carboxylic acids is 1. The number of carbonyl (C=O) groups is 3. The van der Waals surface area contributed by atoms with Gasteiger partial charge in [0.1, 0.15) is 6.04 Å². The molecule has 1 atom stereocenters. The van der Waals surface area contributed by atoms with Gasteiger partial charge in [-0.3, -0.25) is 4.79 Å². The number of primary amides is 1. The van der Waals surface area contributed by atoms with Crippen molar-refractivity contribution in [3.8, 4) is 0 Å². The van der Waals surface area contributed by atoms with Crippen LogP contribution in [-0.2, 0) is 9.59 Å². The minimum absolute atomic E-state index is 0.443. The average molecular weight is 300 g/mol. The number of carboxylic acid groups (broad SMARTS) is 1. The SMILES string of the molecule is Cc1c(Cl)cccc1NC(=O)N[C@H](CC(N)=O)C(=O)O. The summed E-state index contributed by atoms with van der Waals surface area (Å²) in [6.45, 7) is 1.70. The molecule has 0 saturated carbocycles. The third-order valence-corrected chi connectivity index (χ3v) is 2.93. The van der Waals surface area contributed by atoms with Crippen LogP contribution in [0.25, 0.3) is 0 Å². The number of halogens is 1. The second-order valence-corrected chi connectivity index (χ2v) is 4.48. The first-order valence-electron chi connectivity index (χ1n) is 5.65. The lowest BCUT2D eigenvalue weighted by Gasteiger charge is -2.15. The number of amides is 3. The Morgan fingerprint density at radius 3 is 2.60 bits per heavy atom. The van der Waals surface area contributed by atoms with Crippen LogP contribution in [0.5, 0.6) is 0 Å². The van der Waals surface area contributed by atoms with Crippen molar-refractivity contribution in [3.05, 3.63) is 28.8 Å². The Balaban J connectivity index is 2.73. The fourth-order valence-electron chi connectivity index (χ4n) is 1.46. The van der Waals surface area contributed by atoms with E-state index in [4.69, 9.17) is 22.4 Å². The topological polar surface area (TPSA) is 122 Å². The van der Waals surface area contributed by atoms with Gasteiger partial charge < -0.3 is 21.5 Å². The molecule has 0 spiro atoms. The van der Waals surface area contributed by atoms with Crippen molar-refractivity contribution in [1.82, 2.24) is 5.32 Å². The maximum atomic E-state index is 11.7. The Morgan fingerprint density at radius 1 is 1.40 bits per heavy atom. The van der Waals surface area contributed by atoms with Crippen LogP contribution in [0.15, 0.2) is 18.2 Å². The maximum absolute atomic E-state index is 11.7. The largest absolute Gasteiger partial charge is 0.480 e. The number of aliphatic carboxylic acids is 1. The van der Waals surface area contributed by atoms with Gasteiger partial charge in [-0.15, -0.1) is 0 Å².